The van der Waals surface area contributed by atoms with Gasteiger partial charge in [-0.2, -0.15) is 0 Å². The minimum Gasteiger partial charge on any atom is -0.389 e. The molecule has 0 radical (unpaired) electrons. The Morgan fingerprint density at radius 3 is 2.83 bits per heavy atom. The standard InChI is InChI=1S/C18H28N2O3/c1-18(2,3)23-12-15(21)11-19-8-13-7-14(10-19)16-5-4-6-17(22)20(16)9-13/h4-6,13-15,21H,7-12H2,1-3H3/t13-,14+,15-/m0/s1. The number of hydrogen-bond acceptors (Lipinski definition) is 4. The Balaban J connectivity index is 1.63. The summed E-state index contributed by atoms with van der Waals surface area (Å²) in [4.78, 5) is 14.4. The molecule has 0 aliphatic carbocycles. The number of rotatable bonds is 4. The van der Waals surface area contributed by atoms with Gasteiger partial charge in [-0.3, -0.25) is 9.69 Å². The second-order valence-corrected chi connectivity index (χ2v) is 7.99. The molecule has 1 saturated heterocycles. The van der Waals surface area contributed by atoms with E-state index in [1.165, 1.54) is 0 Å². The maximum Gasteiger partial charge on any atom is 0.250 e. The minimum absolute atomic E-state index is 0.115. The molecule has 5 nitrogen and oxygen atoms in total. The predicted octanol–water partition coefficient (Wildman–Crippen LogP) is 1.44. The van der Waals surface area contributed by atoms with Gasteiger partial charge in [0.15, 0.2) is 0 Å². The summed E-state index contributed by atoms with van der Waals surface area (Å²) in [6.45, 7) is 9.66. The smallest absolute Gasteiger partial charge is 0.250 e. The minimum atomic E-state index is -0.467. The highest BCUT2D eigenvalue weighted by Crippen LogP contribution is 2.34. The van der Waals surface area contributed by atoms with Crippen molar-refractivity contribution in [2.24, 2.45) is 5.92 Å². The van der Waals surface area contributed by atoms with Crippen LogP contribution in [-0.2, 0) is 11.3 Å². The van der Waals surface area contributed by atoms with Gasteiger partial charge in [-0.25, -0.2) is 0 Å². The fraction of sp³-hybridized carbons (Fsp3) is 0.722. The molecule has 0 saturated carbocycles. The molecule has 2 bridgehead atoms. The molecule has 3 atom stereocenters. The second kappa shape index (κ2) is 6.38. The van der Waals surface area contributed by atoms with E-state index in [-0.39, 0.29) is 11.2 Å². The highest BCUT2D eigenvalue weighted by molar-refractivity contribution is 5.16. The molecule has 1 aromatic rings. The lowest BCUT2D eigenvalue weighted by Crippen LogP contribution is -2.49. The molecule has 1 N–H and O–H groups in total. The number of ether oxygens (including phenoxy) is 1. The van der Waals surface area contributed by atoms with Crippen LogP contribution in [0.3, 0.4) is 0 Å². The van der Waals surface area contributed by atoms with Crippen molar-refractivity contribution in [1.82, 2.24) is 9.47 Å². The van der Waals surface area contributed by atoms with Gasteiger partial charge in [0.05, 0.1) is 18.3 Å². The van der Waals surface area contributed by atoms with Gasteiger partial charge in [0.1, 0.15) is 0 Å². The van der Waals surface area contributed by atoms with E-state index in [2.05, 4.69) is 11.0 Å². The van der Waals surface area contributed by atoms with E-state index in [0.29, 0.717) is 25.0 Å². The Kier molecular flexibility index (Phi) is 4.63. The average molecular weight is 320 g/mol. The van der Waals surface area contributed by atoms with E-state index in [9.17, 15) is 9.90 Å². The predicted molar refractivity (Wildman–Crippen MR) is 89.7 cm³/mol. The number of aliphatic hydroxyl groups is 1. The van der Waals surface area contributed by atoms with Crippen LogP contribution in [0, 0.1) is 5.92 Å². The van der Waals surface area contributed by atoms with Crippen molar-refractivity contribution in [2.75, 3.05) is 26.2 Å². The third-order valence-corrected chi connectivity index (χ3v) is 4.73. The molecule has 0 unspecified atom stereocenters. The summed E-state index contributed by atoms with van der Waals surface area (Å²) in [6.07, 6.45) is 0.681. The fourth-order valence-electron chi connectivity index (χ4n) is 3.84. The molecule has 2 aliphatic heterocycles. The number of likely N-dealkylation sites (tertiary alicyclic amines) is 1. The monoisotopic (exact) mass is 320 g/mol. The summed E-state index contributed by atoms with van der Waals surface area (Å²) in [7, 11) is 0. The lowest BCUT2D eigenvalue weighted by molar-refractivity contribution is -0.0599. The molecule has 1 aromatic heterocycles. The van der Waals surface area contributed by atoms with Crippen molar-refractivity contribution >= 4 is 0 Å². The Morgan fingerprint density at radius 1 is 1.30 bits per heavy atom. The molecule has 2 aliphatic rings. The van der Waals surface area contributed by atoms with Crippen LogP contribution in [0.15, 0.2) is 23.0 Å². The first kappa shape index (κ1) is 16.7. The van der Waals surface area contributed by atoms with E-state index in [1.807, 2.05) is 31.4 Å². The molecule has 1 fully saturated rings. The zero-order valence-corrected chi connectivity index (χ0v) is 14.4. The van der Waals surface area contributed by atoms with Crippen LogP contribution in [0.4, 0.5) is 0 Å². The molecule has 0 spiro atoms. The van der Waals surface area contributed by atoms with Gasteiger partial charge in [-0.15, -0.1) is 0 Å². The van der Waals surface area contributed by atoms with Crippen molar-refractivity contribution in [3.63, 3.8) is 0 Å². The summed E-state index contributed by atoms with van der Waals surface area (Å²) in [6, 6.07) is 5.58. The van der Waals surface area contributed by atoms with Crippen LogP contribution in [0.2, 0.25) is 0 Å². The molecule has 0 aromatic carbocycles. The molecule has 5 heteroatoms. The fourth-order valence-corrected chi connectivity index (χ4v) is 3.84. The van der Waals surface area contributed by atoms with Crippen molar-refractivity contribution in [1.29, 1.82) is 0 Å². The number of piperidine rings is 1. The lowest BCUT2D eigenvalue weighted by atomic mass is 9.83. The molecule has 23 heavy (non-hydrogen) atoms. The molecule has 128 valence electrons. The summed E-state index contributed by atoms with van der Waals surface area (Å²) in [5.41, 5.74) is 1.04. The third-order valence-electron chi connectivity index (χ3n) is 4.73. The maximum atomic E-state index is 12.0. The zero-order valence-electron chi connectivity index (χ0n) is 14.4. The second-order valence-electron chi connectivity index (χ2n) is 7.99. The Hall–Kier alpha value is -1.17. The topological polar surface area (TPSA) is 54.7 Å². The van der Waals surface area contributed by atoms with Crippen molar-refractivity contribution in [3.8, 4) is 0 Å². The van der Waals surface area contributed by atoms with E-state index in [0.717, 1.165) is 31.7 Å². The number of β-amino-alcohol motifs (C(OH)–C–C–N with tert-alkyl or cyclic N) is 1. The Bertz CT molecular complexity index is 605. The van der Waals surface area contributed by atoms with Gasteiger partial charge in [0.2, 0.25) is 0 Å². The normalized spacial score (nSPS) is 25.9. The largest absolute Gasteiger partial charge is 0.389 e. The zero-order chi connectivity index (χ0) is 16.6. The molecule has 3 rings (SSSR count). The number of aromatic nitrogens is 1. The summed E-state index contributed by atoms with van der Waals surface area (Å²) in [5.74, 6) is 0.893. The molecular formula is C18H28N2O3. The number of aliphatic hydroxyl groups excluding tert-OH is 1. The van der Waals surface area contributed by atoms with Crippen LogP contribution in [0.5, 0.6) is 0 Å². The van der Waals surface area contributed by atoms with Crippen LogP contribution >= 0.6 is 0 Å². The van der Waals surface area contributed by atoms with E-state index in [1.54, 1.807) is 6.07 Å². The van der Waals surface area contributed by atoms with Crippen LogP contribution in [0.25, 0.3) is 0 Å². The third kappa shape index (κ3) is 4.03. The maximum absolute atomic E-state index is 12.0. The highest BCUT2D eigenvalue weighted by Gasteiger charge is 2.34. The van der Waals surface area contributed by atoms with E-state index < -0.39 is 6.10 Å². The van der Waals surface area contributed by atoms with E-state index in [4.69, 9.17) is 4.74 Å². The quantitative estimate of drug-likeness (QED) is 0.912. The van der Waals surface area contributed by atoms with Gasteiger partial charge < -0.3 is 14.4 Å². The summed E-state index contributed by atoms with van der Waals surface area (Å²) < 4.78 is 7.62. The first-order valence-corrected chi connectivity index (χ1v) is 8.56. The number of nitrogens with zero attached hydrogens (tertiary/aromatic N) is 2. The van der Waals surface area contributed by atoms with Crippen molar-refractivity contribution < 1.29 is 9.84 Å². The first-order chi connectivity index (χ1) is 10.8. The summed E-state index contributed by atoms with van der Waals surface area (Å²) in [5, 5.41) is 10.2. The summed E-state index contributed by atoms with van der Waals surface area (Å²) >= 11 is 0. The Labute approximate surface area is 137 Å². The molecular weight excluding hydrogens is 292 g/mol. The van der Waals surface area contributed by atoms with Crippen molar-refractivity contribution in [2.45, 2.75) is 51.4 Å². The van der Waals surface area contributed by atoms with Crippen LogP contribution < -0.4 is 5.56 Å². The lowest BCUT2D eigenvalue weighted by Gasteiger charge is -2.43. The number of pyridine rings is 1. The van der Waals surface area contributed by atoms with Crippen LogP contribution in [0.1, 0.15) is 38.8 Å². The van der Waals surface area contributed by atoms with Crippen molar-refractivity contribution in [3.05, 3.63) is 34.2 Å². The average Bonchev–Trinajstić information content (AvgIpc) is 2.46. The van der Waals surface area contributed by atoms with Gasteiger partial charge in [-0.05, 0) is 39.2 Å². The first-order valence-electron chi connectivity index (χ1n) is 8.56. The number of fused-ring (bicyclic) bond motifs is 4. The molecule has 0 amide bonds. The SMILES string of the molecule is CC(C)(C)OC[C@@H](O)CN1C[C@@H]2C[C@H](C1)c1cccc(=O)n1C2. The Morgan fingerprint density at radius 2 is 2.09 bits per heavy atom. The van der Waals surface area contributed by atoms with Gasteiger partial charge >= 0.3 is 0 Å². The highest BCUT2D eigenvalue weighted by atomic mass is 16.5. The van der Waals surface area contributed by atoms with Crippen LogP contribution in [-0.4, -0.2) is 52.5 Å². The molecule has 3 heterocycles. The number of hydrogen-bond donors (Lipinski definition) is 1. The van der Waals surface area contributed by atoms with Gasteiger partial charge in [0, 0.05) is 43.9 Å². The van der Waals surface area contributed by atoms with E-state index >= 15 is 0 Å². The van der Waals surface area contributed by atoms with Gasteiger partial charge in [-0.1, -0.05) is 6.07 Å². The van der Waals surface area contributed by atoms with Gasteiger partial charge in [0.25, 0.3) is 5.56 Å².